The number of nitrogens with zero attached hydrogens (tertiary/aromatic N) is 1. The number of hydrogen-bond donors (Lipinski definition) is 1. The number of fused-ring (bicyclic) bond motifs is 1. The highest BCUT2D eigenvalue weighted by Gasteiger charge is 2.20. The van der Waals surface area contributed by atoms with Crippen molar-refractivity contribution in [1.82, 2.24) is 5.32 Å². The van der Waals surface area contributed by atoms with Gasteiger partial charge in [0.2, 0.25) is 10.0 Å². The van der Waals surface area contributed by atoms with Gasteiger partial charge in [0, 0.05) is 10.9 Å². The normalized spacial score (nSPS) is 11.3. The van der Waals surface area contributed by atoms with Crippen molar-refractivity contribution in [2.45, 2.75) is 13.5 Å². The highest BCUT2D eigenvalue weighted by molar-refractivity contribution is 7.92. The predicted molar refractivity (Wildman–Crippen MR) is 140 cm³/mol. The van der Waals surface area contributed by atoms with Crippen LogP contribution in [-0.2, 0) is 16.6 Å². The molecular formula is C28H28N2O4S. The molecule has 0 spiro atoms. The molecule has 6 nitrogen and oxygen atoms in total. The largest absolute Gasteiger partial charge is 0.491 e. The summed E-state index contributed by atoms with van der Waals surface area (Å²) >= 11 is 0. The number of amides is 1. The summed E-state index contributed by atoms with van der Waals surface area (Å²) in [5.74, 6) is 0.590. The molecular weight excluding hydrogens is 460 g/mol. The van der Waals surface area contributed by atoms with Crippen LogP contribution < -0.4 is 14.4 Å². The number of nitrogens with one attached hydrogen (secondary N) is 1. The van der Waals surface area contributed by atoms with Gasteiger partial charge in [-0.05, 0) is 47.7 Å². The molecule has 0 fully saturated rings. The molecule has 4 rings (SSSR count). The lowest BCUT2D eigenvalue weighted by molar-refractivity contribution is 0.0947. The van der Waals surface area contributed by atoms with Crippen LogP contribution in [0.5, 0.6) is 5.75 Å². The molecule has 1 N–H and O–H groups in total. The first-order chi connectivity index (χ1) is 16.8. The monoisotopic (exact) mass is 488 g/mol. The van der Waals surface area contributed by atoms with Gasteiger partial charge >= 0.3 is 0 Å². The van der Waals surface area contributed by atoms with Crippen molar-refractivity contribution >= 4 is 32.4 Å². The zero-order valence-corrected chi connectivity index (χ0v) is 20.6. The highest BCUT2D eigenvalue weighted by atomic mass is 32.2. The standard InChI is InChI=1S/C28H28N2O4S/c1-21-8-3-6-13-27(21)34-19-18-29-28(31)24-16-14-22(15-17-24)20-30(35(2,32)33)26-12-7-10-23-9-4-5-11-25(23)26/h3-17H,18-20H2,1-2H3,(H,29,31). The summed E-state index contributed by atoms with van der Waals surface area (Å²) in [5.41, 5.74) is 2.95. The Bertz CT molecular complexity index is 1430. The number of anilines is 1. The van der Waals surface area contributed by atoms with E-state index in [9.17, 15) is 13.2 Å². The maximum Gasteiger partial charge on any atom is 0.251 e. The Morgan fingerprint density at radius 3 is 2.31 bits per heavy atom. The minimum atomic E-state index is -3.53. The van der Waals surface area contributed by atoms with Crippen molar-refractivity contribution in [3.05, 3.63) is 108 Å². The molecule has 4 aromatic carbocycles. The molecule has 0 unspecified atom stereocenters. The van der Waals surface area contributed by atoms with E-state index < -0.39 is 10.0 Å². The van der Waals surface area contributed by atoms with Gasteiger partial charge < -0.3 is 10.1 Å². The molecule has 0 saturated carbocycles. The zero-order chi connectivity index (χ0) is 24.8. The summed E-state index contributed by atoms with van der Waals surface area (Å²) < 4.78 is 32.5. The number of rotatable bonds is 9. The molecule has 35 heavy (non-hydrogen) atoms. The molecule has 7 heteroatoms. The third-order valence-electron chi connectivity index (χ3n) is 5.72. The summed E-state index contributed by atoms with van der Waals surface area (Å²) in [6, 6.07) is 28.0. The Labute approximate surface area is 206 Å². The van der Waals surface area contributed by atoms with Crippen LogP contribution in [0.1, 0.15) is 21.5 Å². The van der Waals surface area contributed by atoms with E-state index in [0.29, 0.717) is 24.4 Å². The maximum absolute atomic E-state index is 12.7. The summed E-state index contributed by atoms with van der Waals surface area (Å²) in [6.07, 6.45) is 1.20. The molecule has 0 bridgehead atoms. The van der Waals surface area contributed by atoms with Crippen molar-refractivity contribution < 1.29 is 17.9 Å². The van der Waals surface area contributed by atoms with Crippen molar-refractivity contribution in [3.8, 4) is 5.75 Å². The molecule has 0 heterocycles. The van der Waals surface area contributed by atoms with Crippen LogP contribution in [-0.4, -0.2) is 33.7 Å². The number of para-hydroxylation sites is 1. The first-order valence-corrected chi connectivity index (χ1v) is 13.2. The SMILES string of the molecule is Cc1ccccc1OCCNC(=O)c1ccc(CN(c2cccc3ccccc23)S(C)(=O)=O)cc1. The fourth-order valence-corrected chi connectivity index (χ4v) is 4.78. The van der Waals surface area contributed by atoms with Crippen LogP contribution in [0.25, 0.3) is 10.8 Å². The molecule has 180 valence electrons. The van der Waals surface area contributed by atoms with E-state index in [1.54, 1.807) is 24.3 Å². The van der Waals surface area contributed by atoms with E-state index in [0.717, 1.165) is 27.6 Å². The van der Waals surface area contributed by atoms with Crippen LogP contribution in [0.15, 0.2) is 91.0 Å². The van der Waals surface area contributed by atoms with Crippen LogP contribution in [0.2, 0.25) is 0 Å². The molecule has 0 aliphatic rings. The number of carbonyl (C=O) groups is 1. The average molecular weight is 489 g/mol. The molecule has 0 aromatic heterocycles. The second-order valence-electron chi connectivity index (χ2n) is 8.33. The summed E-state index contributed by atoms with van der Waals surface area (Å²) in [7, 11) is -3.53. The van der Waals surface area contributed by atoms with Gasteiger partial charge in [0.25, 0.3) is 5.91 Å². The van der Waals surface area contributed by atoms with Gasteiger partial charge in [-0.3, -0.25) is 9.10 Å². The molecule has 0 radical (unpaired) electrons. The number of aryl methyl sites for hydroxylation is 1. The summed E-state index contributed by atoms with van der Waals surface area (Å²) in [5, 5.41) is 4.68. The first-order valence-electron chi connectivity index (χ1n) is 11.3. The van der Waals surface area contributed by atoms with Crippen molar-refractivity contribution in [1.29, 1.82) is 0 Å². The lowest BCUT2D eigenvalue weighted by Gasteiger charge is -2.24. The van der Waals surface area contributed by atoms with Crippen molar-refractivity contribution in [2.75, 3.05) is 23.7 Å². The molecule has 0 saturated heterocycles. The summed E-state index contributed by atoms with van der Waals surface area (Å²) in [6.45, 7) is 2.88. The Hall–Kier alpha value is -3.84. The minimum Gasteiger partial charge on any atom is -0.491 e. The number of sulfonamides is 1. The van der Waals surface area contributed by atoms with E-state index in [4.69, 9.17) is 4.74 Å². The third-order valence-corrected chi connectivity index (χ3v) is 6.84. The fraction of sp³-hybridized carbons (Fsp3) is 0.179. The van der Waals surface area contributed by atoms with Gasteiger partial charge in [0.05, 0.1) is 25.0 Å². The summed E-state index contributed by atoms with van der Waals surface area (Å²) in [4.78, 5) is 12.5. The van der Waals surface area contributed by atoms with E-state index in [2.05, 4.69) is 5.32 Å². The minimum absolute atomic E-state index is 0.166. The molecule has 1 amide bonds. The number of benzene rings is 4. The van der Waals surface area contributed by atoms with Crippen LogP contribution >= 0.6 is 0 Å². The Morgan fingerprint density at radius 1 is 0.886 bits per heavy atom. The van der Waals surface area contributed by atoms with Gasteiger partial charge in [-0.15, -0.1) is 0 Å². The third kappa shape index (κ3) is 6.00. The van der Waals surface area contributed by atoms with E-state index in [1.807, 2.05) is 73.7 Å². The Morgan fingerprint density at radius 2 is 1.57 bits per heavy atom. The van der Waals surface area contributed by atoms with Gasteiger partial charge in [-0.2, -0.15) is 0 Å². The van der Waals surface area contributed by atoms with Gasteiger partial charge in [-0.25, -0.2) is 8.42 Å². The Kier molecular flexibility index (Phi) is 7.36. The van der Waals surface area contributed by atoms with Gasteiger partial charge in [-0.1, -0.05) is 66.7 Å². The fourth-order valence-electron chi connectivity index (χ4n) is 3.88. The topological polar surface area (TPSA) is 75.7 Å². The zero-order valence-electron chi connectivity index (χ0n) is 19.8. The van der Waals surface area contributed by atoms with Crippen LogP contribution in [0.3, 0.4) is 0 Å². The second-order valence-corrected chi connectivity index (χ2v) is 10.2. The van der Waals surface area contributed by atoms with Crippen LogP contribution in [0.4, 0.5) is 5.69 Å². The van der Waals surface area contributed by atoms with Gasteiger partial charge in [0.15, 0.2) is 0 Å². The van der Waals surface area contributed by atoms with Crippen molar-refractivity contribution in [3.63, 3.8) is 0 Å². The predicted octanol–water partition coefficient (Wildman–Crippen LogP) is 4.92. The number of ether oxygens (including phenoxy) is 1. The molecule has 0 aliphatic carbocycles. The van der Waals surface area contributed by atoms with E-state index >= 15 is 0 Å². The Balaban J connectivity index is 1.41. The lowest BCUT2D eigenvalue weighted by Crippen LogP contribution is -2.30. The molecule has 0 atom stereocenters. The number of hydrogen-bond acceptors (Lipinski definition) is 4. The smallest absolute Gasteiger partial charge is 0.251 e. The average Bonchev–Trinajstić information content (AvgIpc) is 2.85. The molecule has 0 aliphatic heterocycles. The number of carbonyl (C=O) groups excluding carboxylic acids is 1. The second kappa shape index (κ2) is 10.6. The van der Waals surface area contributed by atoms with E-state index in [1.165, 1.54) is 10.6 Å². The van der Waals surface area contributed by atoms with E-state index in [-0.39, 0.29) is 12.5 Å². The first kappa shape index (κ1) is 24.3. The maximum atomic E-state index is 12.7. The van der Waals surface area contributed by atoms with Gasteiger partial charge in [0.1, 0.15) is 12.4 Å². The lowest BCUT2D eigenvalue weighted by atomic mass is 10.1. The van der Waals surface area contributed by atoms with Crippen molar-refractivity contribution in [2.24, 2.45) is 0 Å². The highest BCUT2D eigenvalue weighted by Crippen LogP contribution is 2.29. The van der Waals surface area contributed by atoms with Crippen LogP contribution in [0, 0.1) is 6.92 Å². The quantitative estimate of drug-likeness (QED) is 0.339. The molecule has 4 aromatic rings.